The minimum atomic E-state index is 0.417. The third-order valence-corrected chi connectivity index (χ3v) is 3.27. The summed E-state index contributed by atoms with van der Waals surface area (Å²) in [7, 11) is 0. The fourth-order valence-electron chi connectivity index (χ4n) is 1.67. The van der Waals surface area contributed by atoms with E-state index in [0.29, 0.717) is 5.41 Å². The summed E-state index contributed by atoms with van der Waals surface area (Å²) in [5, 5.41) is 7.84. The smallest absolute Gasteiger partial charge is 0.00698 e. The lowest BCUT2D eigenvalue weighted by Gasteiger charge is -2.20. The Morgan fingerprint density at radius 1 is 1.64 bits per heavy atom. The quantitative estimate of drug-likeness (QED) is 0.674. The first kappa shape index (κ1) is 7.32. The van der Waals surface area contributed by atoms with Gasteiger partial charge in [0.05, 0.1) is 0 Å². The van der Waals surface area contributed by atoms with E-state index in [4.69, 9.17) is 0 Å². The molecule has 1 aromatic rings. The molecule has 60 valence electrons. The van der Waals surface area contributed by atoms with Crippen LogP contribution in [0.15, 0.2) is 16.8 Å². The first-order valence-corrected chi connectivity index (χ1v) is 4.99. The first-order chi connectivity index (χ1) is 5.31. The van der Waals surface area contributed by atoms with E-state index in [1.807, 2.05) is 0 Å². The van der Waals surface area contributed by atoms with Gasteiger partial charge in [0, 0.05) is 12.0 Å². The van der Waals surface area contributed by atoms with E-state index in [0.717, 1.165) is 6.54 Å². The summed E-state index contributed by atoms with van der Waals surface area (Å²) in [6.45, 7) is 4.66. The van der Waals surface area contributed by atoms with Gasteiger partial charge in [0.15, 0.2) is 0 Å². The molecule has 1 aliphatic rings. The largest absolute Gasteiger partial charge is 0.316 e. The van der Waals surface area contributed by atoms with Gasteiger partial charge in [-0.05, 0) is 35.4 Å². The Balaban J connectivity index is 2.27. The van der Waals surface area contributed by atoms with Crippen molar-refractivity contribution < 1.29 is 0 Å². The SMILES string of the molecule is CC1(c2ccsc2)CCNC1. The zero-order valence-corrected chi connectivity index (χ0v) is 7.58. The average molecular weight is 167 g/mol. The molecule has 1 unspecified atom stereocenters. The van der Waals surface area contributed by atoms with E-state index in [1.54, 1.807) is 11.3 Å². The molecule has 0 amide bonds. The topological polar surface area (TPSA) is 12.0 Å². The highest BCUT2D eigenvalue weighted by molar-refractivity contribution is 7.08. The van der Waals surface area contributed by atoms with Crippen LogP contribution in [0.2, 0.25) is 0 Å². The molecule has 2 heterocycles. The summed E-state index contributed by atoms with van der Waals surface area (Å²) in [4.78, 5) is 0. The van der Waals surface area contributed by atoms with E-state index < -0.39 is 0 Å². The van der Waals surface area contributed by atoms with Gasteiger partial charge in [-0.2, -0.15) is 11.3 Å². The Hall–Kier alpha value is -0.340. The minimum Gasteiger partial charge on any atom is -0.316 e. The number of hydrogen-bond acceptors (Lipinski definition) is 2. The molecular formula is C9H13NS. The summed E-state index contributed by atoms with van der Waals surface area (Å²) < 4.78 is 0. The van der Waals surface area contributed by atoms with Gasteiger partial charge in [-0.3, -0.25) is 0 Å². The maximum Gasteiger partial charge on any atom is 0.00698 e. The van der Waals surface area contributed by atoms with E-state index in [2.05, 4.69) is 29.1 Å². The van der Waals surface area contributed by atoms with Gasteiger partial charge < -0.3 is 5.32 Å². The second-order valence-electron chi connectivity index (χ2n) is 3.50. The predicted octanol–water partition coefficient (Wildman–Crippen LogP) is 2.00. The van der Waals surface area contributed by atoms with E-state index in [9.17, 15) is 0 Å². The highest BCUT2D eigenvalue weighted by Gasteiger charge is 2.30. The molecule has 2 rings (SSSR count). The number of hydrogen-bond donors (Lipinski definition) is 1. The lowest BCUT2D eigenvalue weighted by atomic mass is 9.84. The van der Waals surface area contributed by atoms with Crippen LogP contribution in [0.3, 0.4) is 0 Å². The van der Waals surface area contributed by atoms with Gasteiger partial charge in [-0.1, -0.05) is 6.92 Å². The van der Waals surface area contributed by atoms with Crippen LogP contribution in [0.4, 0.5) is 0 Å². The Bertz CT molecular complexity index is 222. The number of nitrogens with one attached hydrogen (secondary N) is 1. The fraction of sp³-hybridized carbons (Fsp3) is 0.556. The van der Waals surface area contributed by atoms with Gasteiger partial charge >= 0.3 is 0 Å². The molecule has 1 aliphatic heterocycles. The van der Waals surface area contributed by atoms with Crippen molar-refractivity contribution in [2.24, 2.45) is 0 Å². The zero-order chi connectivity index (χ0) is 7.73. The second kappa shape index (κ2) is 2.61. The Kier molecular flexibility index (Phi) is 1.74. The third kappa shape index (κ3) is 1.21. The van der Waals surface area contributed by atoms with Gasteiger partial charge in [0.25, 0.3) is 0 Å². The van der Waals surface area contributed by atoms with E-state index in [1.165, 1.54) is 18.5 Å². The molecule has 1 aromatic heterocycles. The van der Waals surface area contributed by atoms with Crippen molar-refractivity contribution in [3.05, 3.63) is 22.4 Å². The zero-order valence-electron chi connectivity index (χ0n) is 6.76. The summed E-state index contributed by atoms with van der Waals surface area (Å²) in [6.07, 6.45) is 1.28. The molecule has 0 bridgehead atoms. The fourth-order valence-corrected chi connectivity index (χ4v) is 2.48. The molecule has 11 heavy (non-hydrogen) atoms. The molecule has 1 nitrogen and oxygen atoms in total. The minimum absolute atomic E-state index is 0.417. The van der Waals surface area contributed by atoms with Gasteiger partial charge in [0.1, 0.15) is 0 Å². The van der Waals surface area contributed by atoms with Crippen LogP contribution in [0.25, 0.3) is 0 Å². The van der Waals surface area contributed by atoms with Crippen LogP contribution in [0.5, 0.6) is 0 Å². The molecule has 2 heteroatoms. The monoisotopic (exact) mass is 167 g/mol. The summed E-state index contributed by atoms with van der Waals surface area (Å²) in [6, 6.07) is 2.25. The van der Waals surface area contributed by atoms with E-state index in [-0.39, 0.29) is 0 Å². The molecule has 1 atom stereocenters. The van der Waals surface area contributed by atoms with Crippen LogP contribution in [-0.2, 0) is 5.41 Å². The van der Waals surface area contributed by atoms with Crippen LogP contribution >= 0.6 is 11.3 Å². The van der Waals surface area contributed by atoms with Crippen molar-refractivity contribution in [3.8, 4) is 0 Å². The first-order valence-electron chi connectivity index (χ1n) is 4.05. The second-order valence-corrected chi connectivity index (χ2v) is 4.28. The standard InChI is InChI=1S/C9H13NS/c1-9(3-4-10-7-9)8-2-5-11-6-8/h2,5-6,10H,3-4,7H2,1H3. The van der Waals surface area contributed by atoms with Crippen LogP contribution < -0.4 is 5.32 Å². The van der Waals surface area contributed by atoms with Crippen molar-refractivity contribution in [2.75, 3.05) is 13.1 Å². The Labute approximate surface area is 71.4 Å². The Morgan fingerprint density at radius 2 is 2.55 bits per heavy atom. The summed E-state index contributed by atoms with van der Waals surface area (Å²) in [5.41, 5.74) is 1.92. The van der Waals surface area contributed by atoms with Crippen LogP contribution in [0.1, 0.15) is 18.9 Å². The van der Waals surface area contributed by atoms with Crippen molar-refractivity contribution >= 4 is 11.3 Å². The number of rotatable bonds is 1. The molecule has 0 saturated carbocycles. The lowest BCUT2D eigenvalue weighted by Crippen LogP contribution is -2.23. The van der Waals surface area contributed by atoms with Gasteiger partial charge in [0.2, 0.25) is 0 Å². The summed E-state index contributed by atoms with van der Waals surface area (Å²) in [5.74, 6) is 0. The summed E-state index contributed by atoms with van der Waals surface area (Å²) >= 11 is 1.80. The molecule has 0 spiro atoms. The molecular weight excluding hydrogens is 154 g/mol. The predicted molar refractivity (Wildman–Crippen MR) is 49.2 cm³/mol. The molecule has 1 fully saturated rings. The molecule has 0 radical (unpaired) electrons. The number of thiophene rings is 1. The normalized spacial score (nSPS) is 31.0. The molecule has 1 N–H and O–H groups in total. The molecule has 0 aliphatic carbocycles. The average Bonchev–Trinajstić information content (AvgIpc) is 2.55. The Morgan fingerprint density at radius 3 is 3.09 bits per heavy atom. The lowest BCUT2D eigenvalue weighted by molar-refractivity contribution is 0.527. The molecule has 1 saturated heterocycles. The van der Waals surface area contributed by atoms with Crippen LogP contribution in [0, 0.1) is 0 Å². The van der Waals surface area contributed by atoms with Gasteiger partial charge in [-0.25, -0.2) is 0 Å². The highest BCUT2D eigenvalue weighted by Crippen LogP contribution is 2.31. The third-order valence-electron chi connectivity index (χ3n) is 2.59. The van der Waals surface area contributed by atoms with E-state index >= 15 is 0 Å². The highest BCUT2D eigenvalue weighted by atomic mass is 32.1. The maximum atomic E-state index is 3.41. The maximum absolute atomic E-state index is 3.41. The van der Waals surface area contributed by atoms with Crippen LogP contribution in [-0.4, -0.2) is 13.1 Å². The van der Waals surface area contributed by atoms with Gasteiger partial charge in [-0.15, -0.1) is 0 Å². The van der Waals surface area contributed by atoms with Crippen molar-refractivity contribution in [1.82, 2.24) is 5.32 Å². The van der Waals surface area contributed by atoms with Crippen molar-refractivity contribution in [1.29, 1.82) is 0 Å². The van der Waals surface area contributed by atoms with Crippen molar-refractivity contribution in [2.45, 2.75) is 18.8 Å². The molecule has 0 aromatic carbocycles. The van der Waals surface area contributed by atoms with Crippen molar-refractivity contribution in [3.63, 3.8) is 0 Å².